The lowest BCUT2D eigenvalue weighted by Crippen LogP contribution is -2.40. The maximum atomic E-state index is 12.1. The zero-order valence-electron chi connectivity index (χ0n) is 16.9. The molecule has 1 aliphatic rings. The Bertz CT molecular complexity index is 563. The van der Waals surface area contributed by atoms with Crippen molar-refractivity contribution in [3.05, 3.63) is 35.9 Å². The number of urea groups is 1. The van der Waals surface area contributed by atoms with E-state index in [1.54, 1.807) is 11.9 Å². The van der Waals surface area contributed by atoms with Gasteiger partial charge in [-0.25, -0.2) is 4.79 Å². The number of nitrogens with zero attached hydrogens (tertiary/aromatic N) is 1. The molecule has 1 fully saturated rings. The summed E-state index contributed by atoms with van der Waals surface area (Å²) >= 11 is 0. The third-order valence-electron chi connectivity index (χ3n) is 4.97. The van der Waals surface area contributed by atoms with E-state index in [4.69, 9.17) is 0 Å². The van der Waals surface area contributed by atoms with Crippen LogP contribution in [0.5, 0.6) is 0 Å². The minimum absolute atomic E-state index is 0. The lowest BCUT2D eigenvalue weighted by molar-refractivity contribution is -0.120. The average molecular weight is 411 g/mol. The molecule has 1 aromatic rings. The lowest BCUT2D eigenvalue weighted by Gasteiger charge is -2.18. The number of rotatable bonds is 9. The first-order valence-electron chi connectivity index (χ1n) is 10.2. The zero-order chi connectivity index (χ0) is 19.3. The Morgan fingerprint density at radius 3 is 2.32 bits per heavy atom. The highest BCUT2D eigenvalue weighted by Crippen LogP contribution is 2.16. The second-order valence-electron chi connectivity index (χ2n) is 7.32. The molecule has 0 atom stereocenters. The van der Waals surface area contributed by atoms with E-state index in [1.165, 1.54) is 38.5 Å². The molecule has 3 amide bonds. The van der Waals surface area contributed by atoms with Gasteiger partial charge in [0.2, 0.25) is 5.91 Å². The Labute approximate surface area is 175 Å². The fourth-order valence-corrected chi connectivity index (χ4v) is 3.40. The van der Waals surface area contributed by atoms with Gasteiger partial charge in [0.15, 0.2) is 0 Å². The molecule has 0 heterocycles. The van der Waals surface area contributed by atoms with E-state index < -0.39 is 0 Å². The van der Waals surface area contributed by atoms with Crippen LogP contribution < -0.4 is 16.0 Å². The predicted molar refractivity (Wildman–Crippen MR) is 116 cm³/mol. The van der Waals surface area contributed by atoms with Gasteiger partial charge in [0, 0.05) is 45.7 Å². The number of carbonyl (C=O) groups is 2. The monoisotopic (exact) mass is 410 g/mol. The second kappa shape index (κ2) is 14.2. The molecule has 28 heavy (non-hydrogen) atoms. The van der Waals surface area contributed by atoms with Crippen LogP contribution in [0.2, 0.25) is 0 Å². The summed E-state index contributed by atoms with van der Waals surface area (Å²) in [6.07, 6.45) is 8.11. The van der Waals surface area contributed by atoms with Crippen LogP contribution in [-0.2, 0) is 11.3 Å². The van der Waals surface area contributed by atoms with Gasteiger partial charge in [-0.2, -0.15) is 0 Å². The van der Waals surface area contributed by atoms with Gasteiger partial charge >= 0.3 is 6.03 Å². The number of hydrogen-bond acceptors (Lipinski definition) is 3. The highest BCUT2D eigenvalue weighted by atomic mass is 35.5. The van der Waals surface area contributed by atoms with Crippen molar-refractivity contribution in [3.8, 4) is 0 Å². The molecule has 0 spiro atoms. The highest BCUT2D eigenvalue weighted by Gasteiger charge is 2.12. The van der Waals surface area contributed by atoms with Crippen LogP contribution in [0.1, 0.15) is 50.5 Å². The third kappa shape index (κ3) is 9.95. The van der Waals surface area contributed by atoms with E-state index in [9.17, 15) is 9.59 Å². The standard InChI is InChI=1S/C21H34N4O2.ClH/c1-25(17-18-9-5-4-6-10-18)21(27)24-14-13-20(26)23-16-15-22-19-11-7-2-3-8-12-19;/h4-6,9-10,19,22H,2-3,7-8,11-17H2,1H3,(H,23,26)(H,24,27);1H. The van der Waals surface area contributed by atoms with Crippen molar-refractivity contribution in [2.45, 2.75) is 57.5 Å². The van der Waals surface area contributed by atoms with Crippen LogP contribution in [0.4, 0.5) is 4.79 Å². The van der Waals surface area contributed by atoms with Gasteiger partial charge in [0.05, 0.1) is 0 Å². The van der Waals surface area contributed by atoms with Crippen LogP contribution in [0.25, 0.3) is 0 Å². The topological polar surface area (TPSA) is 73.5 Å². The van der Waals surface area contributed by atoms with E-state index in [1.807, 2.05) is 30.3 Å². The molecule has 1 aromatic carbocycles. The molecule has 0 bridgehead atoms. The Morgan fingerprint density at radius 1 is 0.964 bits per heavy atom. The molecule has 1 saturated carbocycles. The Hall–Kier alpha value is -1.79. The van der Waals surface area contributed by atoms with E-state index in [-0.39, 0.29) is 24.3 Å². The maximum absolute atomic E-state index is 12.1. The SMILES string of the molecule is CN(Cc1ccccc1)C(=O)NCCC(=O)NCCNC1CCCCCC1.Cl. The van der Waals surface area contributed by atoms with Crippen molar-refractivity contribution >= 4 is 24.3 Å². The van der Waals surface area contributed by atoms with Crippen molar-refractivity contribution < 1.29 is 9.59 Å². The molecule has 0 aromatic heterocycles. The molecule has 0 saturated heterocycles. The summed E-state index contributed by atoms with van der Waals surface area (Å²) in [6, 6.07) is 10.3. The molecule has 7 heteroatoms. The molecule has 0 unspecified atom stereocenters. The number of halogens is 1. The third-order valence-corrected chi connectivity index (χ3v) is 4.97. The molecular formula is C21H35ClN4O2. The van der Waals surface area contributed by atoms with Gasteiger partial charge in [0.1, 0.15) is 0 Å². The van der Waals surface area contributed by atoms with Crippen molar-refractivity contribution in [2.75, 3.05) is 26.7 Å². The number of nitrogens with one attached hydrogen (secondary N) is 3. The summed E-state index contributed by atoms with van der Waals surface area (Å²) in [5.41, 5.74) is 1.08. The maximum Gasteiger partial charge on any atom is 0.317 e. The highest BCUT2D eigenvalue weighted by molar-refractivity contribution is 5.85. The molecule has 1 aliphatic carbocycles. The number of amides is 3. The number of benzene rings is 1. The van der Waals surface area contributed by atoms with Gasteiger partial charge in [-0.15, -0.1) is 12.4 Å². The van der Waals surface area contributed by atoms with E-state index in [0.29, 0.717) is 32.1 Å². The van der Waals surface area contributed by atoms with E-state index in [2.05, 4.69) is 16.0 Å². The van der Waals surface area contributed by atoms with E-state index in [0.717, 1.165) is 12.1 Å². The quantitative estimate of drug-likeness (QED) is 0.432. The number of hydrogen-bond donors (Lipinski definition) is 3. The van der Waals surface area contributed by atoms with Crippen molar-refractivity contribution in [1.29, 1.82) is 0 Å². The van der Waals surface area contributed by atoms with E-state index >= 15 is 0 Å². The summed E-state index contributed by atoms with van der Waals surface area (Å²) in [6.45, 7) is 2.34. The molecule has 6 nitrogen and oxygen atoms in total. The largest absolute Gasteiger partial charge is 0.355 e. The Morgan fingerprint density at radius 2 is 1.64 bits per heavy atom. The fraction of sp³-hybridized carbons (Fsp3) is 0.619. The van der Waals surface area contributed by atoms with Gasteiger partial charge in [-0.1, -0.05) is 56.0 Å². The molecule has 0 aliphatic heterocycles. The van der Waals surface area contributed by atoms with Gasteiger partial charge in [-0.3, -0.25) is 4.79 Å². The van der Waals surface area contributed by atoms with Gasteiger partial charge in [0.25, 0.3) is 0 Å². The summed E-state index contributed by atoms with van der Waals surface area (Å²) in [5, 5.41) is 9.25. The minimum atomic E-state index is -0.165. The Kier molecular flexibility index (Phi) is 12.3. The smallest absolute Gasteiger partial charge is 0.317 e. The van der Waals surface area contributed by atoms with Crippen LogP contribution in [0, 0.1) is 0 Å². The molecule has 2 rings (SSSR count). The van der Waals surface area contributed by atoms with Crippen LogP contribution in [0.3, 0.4) is 0 Å². The first kappa shape index (κ1) is 24.2. The van der Waals surface area contributed by atoms with Crippen LogP contribution >= 0.6 is 12.4 Å². The van der Waals surface area contributed by atoms with Gasteiger partial charge < -0.3 is 20.9 Å². The van der Waals surface area contributed by atoms with Crippen molar-refractivity contribution in [2.24, 2.45) is 0 Å². The van der Waals surface area contributed by atoms with Crippen LogP contribution in [0.15, 0.2) is 30.3 Å². The average Bonchev–Trinajstić information content (AvgIpc) is 2.95. The molecule has 3 N–H and O–H groups in total. The number of carbonyl (C=O) groups excluding carboxylic acids is 2. The summed E-state index contributed by atoms with van der Waals surface area (Å²) < 4.78 is 0. The summed E-state index contributed by atoms with van der Waals surface area (Å²) in [7, 11) is 1.75. The van der Waals surface area contributed by atoms with Gasteiger partial charge in [-0.05, 0) is 18.4 Å². The van der Waals surface area contributed by atoms with Crippen LogP contribution in [-0.4, -0.2) is 49.6 Å². The first-order chi connectivity index (χ1) is 13.1. The first-order valence-corrected chi connectivity index (χ1v) is 10.2. The van der Waals surface area contributed by atoms with Crippen molar-refractivity contribution in [1.82, 2.24) is 20.9 Å². The fourth-order valence-electron chi connectivity index (χ4n) is 3.40. The predicted octanol–water partition coefficient (Wildman–Crippen LogP) is 3.07. The summed E-state index contributed by atoms with van der Waals surface area (Å²) in [4.78, 5) is 25.6. The molecule has 158 valence electrons. The molecule has 0 radical (unpaired) electrons. The molecular weight excluding hydrogens is 376 g/mol. The normalized spacial score (nSPS) is 14.5. The zero-order valence-corrected chi connectivity index (χ0v) is 17.7. The minimum Gasteiger partial charge on any atom is -0.355 e. The Balaban J connectivity index is 0.00000392. The summed E-state index contributed by atoms with van der Waals surface area (Å²) in [5.74, 6) is -0.0244. The lowest BCUT2D eigenvalue weighted by atomic mass is 10.1. The van der Waals surface area contributed by atoms with Crippen molar-refractivity contribution in [3.63, 3.8) is 0 Å². The second-order valence-corrected chi connectivity index (χ2v) is 7.32.